The summed E-state index contributed by atoms with van der Waals surface area (Å²) in [5.74, 6) is -0.445. The maximum Gasteiger partial charge on any atom is 0.412 e. The van der Waals surface area contributed by atoms with Crippen LogP contribution in [0.25, 0.3) is 0 Å². The SMILES string of the molecule is CC(C)(C)OC(=O)Nc1ccc(C(=O)NCc2ccccc2CS(=O)(=O)N2CCOCC2)cc1. The van der Waals surface area contributed by atoms with Gasteiger partial charge in [-0.2, -0.15) is 4.31 Å². The molecule has 0 unspecified atom stereocenters. The zero-order chi connectivity index (χ0) is 24.8. The van der Waals surface area contributed by atoms with Crippen molar-refractivity contribution in [1.82, 2.24) is 9.62 Å². The Kier molecular flexibility index (Phi) is 8.29. The Morgan fingerprint density at radius 3 is 2.24 bits per heavy atom. The summed E-state index contributed by atoms with van der Waals surface area (Å²) in [6.45, 7) is 6.99. The predicted molar refractivity (Wildman–Crippen MR) is 129 cm³/mol. The topological polar surface area (TPSA) is 114 Å². The molecule has 3 rings (SSSR count). The van der Waals surface area contributed by atoms with Gasteiger partial charge in [0.15, 0.2) is 0 Å². The van der Waals surface area contributed by atoms with Gasteiger partial charge in [0.2, 0.25) is 10.0 Å². The zero-order valence-corrected chi connectivity index (χ0v) is 20.5. The number of carbonyl (C=O) groups excluding carboxylic acids is 2. The van der Waals surface area contributed by atoms with Crippen molar-refractivity contribution in [3.8, 4) is 0 Å². The van der Waals surface area contributed by atoms with Crippen molar-refractivity contribution in [1.29, 1.82) is 0 Å². The lowest BCUT2D eigenvalue weighted by Gasteiger charge is -2.26. The molecule has 0 saturated carbocycles. The molecule has 10 heteroatoms. The number of morpholine rings is 1. The molecule has 0 aliphatic carbocycles. The fraction of sp³-hybridized carbons (Fsp3) is 0.417. The number of ether oxygens (including phenoxy) is 2. The third kappa shape index (κ3) is 7.54. The lowest BCUT2D eigenvalue weighted by molar-refractivity contribution is 0.0635. The molecule has 9 nitrogen and oxygen atoms in total. The molecule has 184 valence electrons. The number of benzene rings is 2. The minimum Gasteiger partial charge on any atom is -0.444 e. The molecule has 1 aliphatic rings. The summed E-state index contributed by atoms with van der Waals surface area (Å²) in [5, 5.41) is 5.45. The van der Waals surface area contributed by atoms with Crippen molar-refractivity contribution in [3.63, 3.8) is 0 Å². The highest BCUT2D eigenvalue weighted by Gasteiger charge is 2.25. The van der Waals surface area contributed by atoms with E-state index in [1.807, 2.05) is 6.07 Å². The number of sulfonamides is 1. The van der Waals surface area contributed by atoms with Gasteiger partial charge in [0.05, 0.1) is 19.0 Å². The van der Waals surface area contributed by atoms with Crippen molar-refractivity contribution >= 4 is 27.7 Å². The van der Waals surface area contributed by atoms with Crippen molar-refractivity contribution < 1.29 is 27.5 Å². The minimum absolute atomic E-state index is 0.135. The molecule has 0 atom stereocenters. The molecule has 1 saturated heterocycles. The van der Waals surface area contributed by atoms with E-state index in [0.29, 0.717) is 43.1 Å². The van der Waals surface area contributed by atoms with Crippen LogP contribution in [-0.2, 0) is 31.8 Å². The monoisotopic (exact) mass is 489 g/mol. The Morgan fingerprint density at radius 2 is 1.62 bits per heavy atom. The smallest absolute Gasteiger partial charge is 0.412 e. The highest BCUT2D eigenvalue weighted by Crippen LogP contribution is 2.17. The number of carbonyl (C=O) groups is 2. The van der Waals surface area contributed by atoms with Gasteiger partial charge in [0.1, 0.15) is 5.60 Å². The Balaban J connectivity index is 1.59. The number of nitrogens with one attached hydrogen (secondary N) is 2. The van der Waals surface area contributed by atoms with Gasteiger partial charge in [-0.15, -0.1) is 0 Å². The van der Waals surface area contributed by atoms with Crippen LogP contribution in [0.4, 0.5) is 10.5 Å². The molecule has 2 amide bonds. The Bertz CT molecular complexity index is 1100. The first-order valence-corrected chi connectivity index (χ1v) is 12.6. The van der Waals surface area contributed by atoms with Gasteiger partial charge in [-0.05, 0) is 56.2 Å². The lowest BCUT2D eigenvalue weighted by atomic mass is 10.1. The van der Waals surface area contributed by atoms with E-state index in [1.54, 1.807) is 63.2 Å². The molecule has 2 aromatic rings. The molecule has 0 radical (unpaired) electrons. The van der Waals surface area contributed by atoms with E-state index in [0.717, 1.165) is 5.56 Å². The number of amides is 2. The summed E-state index contributed by atoms with van der Waals surface area (Å²) >= 11 is 0. The average Bonchev–Trinajstić information content (AvgIpc) is 2.78. The van der Waals surface area contributed by atoms with Crippen molar-refractivity contribution in [2.75, 3.05) is 31.6 Å². The lowest BCUT2D eigenvalue weighted by Crippen LogP contribution is -2.41. The first-order valence-electron chi connectivity index (χ1n) is 11.0. The van der Waals surface area contributed by atoms with E-state index in [-0.39, 0.29) is 18.2 Å². The summed E-state index contributed by atoms with van der Waals surface area (Å²) in [7, 11) is -3.48. The molecular weight excluding hydrogens is 458 g/mol. The molecule has 1 fully saturated rings. The van der Waals surface area contributed by atoms with E-state index in [1.165, 1.54) is 4.31 Å². The van der Waals surface area contributed by atoms with Crippen LogP contribution in [-0.4, -0.2) is 56.6 Å². The van der Waals surface area contributed by atoms with Crippen LogP contribution in [0.5, 0.6) is 0 Å². The summed E-state index contributed by atoms with van der Waals surface area (Å²) in [4.78, 5) is 24.5. The van der Waals surface area contributed by atoms with Crippen LogP contribution in [0.1, 0.15) is 42.3 Å². The number of hydrogen-bond donors (Lipinski definition) is 2. The normalized spacial score (nSPS) is 14.9. The molecule has 0 bridgehead atoms. The van der Waals surface area contributed by atoms with Crippen molar-refractivity contribution in [2.45, 2.75) is 38.7 Å². The van der Waals surface area contributed by atoms with Gasteiger partial charge in [0, 0.05) is 30.9 Å². The molecule has 2 aromatic carbocycles. The van der Waals surface area contributed by atoms with E-state index < -0.39 is 21.7 Å². The van der Waals surface area contributed by atoms with E-state index in [9.17, 15) is 18.0 Å². The molecule has 1 aliphatic heterocycles. The van der Waals surface area contributed by atoms with Crippen LogP contribution in [0.15, 0.2) is 48.5 Å². The van der Waals surface area contributed by atoms with Crippen molar-refractivity contribution in [3.05, 3.63) is 65.2 Å². The molecule has 0 aromatic heterocycles. The first kappa shape index (κ1) is 25.7. The second-order valence-corrected chi connectivity index (χ2v) is 10.9. The van der Waals surface area contributed by atoms with Gasteiger partial charge in [-0.25, -0.2) is 13.2 Å². The van der Waals surface area contributed by atoms with Crippen LogP contribution in [0, 0.1) is 0 Å². The van der Waals surface area contributed by atoms with Crippen LogP contribution >= 0.6 is 0 Å². The van der Waals surface area contributed by atoms with Gasteiger partial charge in [0.25, 0.3) is 5.91 Å². The minimum atomic E-state index is -3.48. The largest absolute Gasteiger partial charge is 0.444 e. The second-order valence-electron chi connectivity index (χ2n) is 8.92. The quantitative estimate of drug-likeness (QED) is 0.618. The van der Waals surface area contributed by atoms with Gasteiger partial charge < -0.3 is 14.8 Å². The van der Waals surface area contributed by atoms with Gasteiger partial charge in [-0.3, -0.25) is 10.1 Å². The fourth-order valence-corrected chi connectivity index (χ4v) is 4.95. The van der Waals surface area contributed by atoms with E-state index >= 15 is 0 Å². The van der Waals surface area contributed by atoms with Crippen LogP contribution in [0.2, 0.25) is 0 Å². The third-order valence-electron chi connectivity index (χ3n) is 5.05. The number of nitrogens with zero attached hydrogens (tertiary/aromatic N) is 1. The highest BCUT2D eigenvalue weighted by atomic mass is 32.2. The zero-order valence-electron chi connectivity index (χ0n) is 19.7. The van der Waals surface area contributed by atoms with Gasteiger partial charge >= 0.3 is 6.09 Å². The maximum absolute atomic E-state index is 12.8. The van der Waals surface area contributed by atoms with Gasteiger partial charge in [-0.1, -0.05) is 24.3 Å². The van der Waals surface area contributed by atoms with Crippen molar-refractivity contribution in [2.24, 2.45) is 0 Å². The van der Waals surface area contributed by atoms with Crippen LogP contribution < -0.4 is 10.6 Å². The average molecular weight is 490 g/mol. The molecule has 0 spiro atoms. The Morgan fingerprint density at radius 1 is 1.00 bits per heavy atom. The first-order chi connectivity index (χ1) is 16.0. The highest BCUT2D eigenvalue weighted by molar-refractivity contribution is 7.88. The predicted octanol–water partition coefficient (Wildman–Crippen LogP) is 3.13. The summed E-state index contributed by atoms with van der Waals surface area (Å²) < 4.78 is 37.5. The Hall–Kier alpha value is -2.95. The van der Waals surface area contributed by atoms with E-state index in [4.69, 9.17) is 9.47 Å². The maximum atomic E-state index is 12.8. The second kappa shape index (κ2) is 11.0. The summed E-state index contributed by atoms with van der Waals surface area (Å²) in [5.41, 5.74) is 1.68. The molecule has 2 N–H and O–H groups in total. The standard InChI is InChI=1S/C24H31N3O6S/c1-24(2,3)33-23(29)26-21-10-8-18(9-11-21)22(28)25-16-19-6-4-5-7-20(19)17-34(30,31)27-12-14-32-15-13-27/h4-11H,12-17H2,1-3H3,(H,25,28)(H,26,29). The van der Waals surface area contributed by atoms with Crippen LogP contribution in [0.3, 0.4) is 0 Å². The molecular formula is C24H31N3O6S. The molecule has 1 heterocycles. The summed E-state index contributed by atoms with van der Waals surface area (Å²) in [6.07, 6.45) is -0.576. The fourth-order valence-electron chi connectivity index (χ4n) is 3.39. The number of hydrogen-bond acceptors (Lipinski definition) is 6. The third-order valence-corrected chi connectivity index (χ3v) is 6.88. The Labute approximate surface area is 200 Å². The number of rotatable bonds is 7. The molecule has 34 heavy (non-hydrogen) atoms. The van der Waals surface area contributed by atoms with E-state index in [2.05, 4.69) is 10.6 Å². The summed E-state index contributed by atoms with van der Waals surface area (Å²) in [6, 6.07) is 13.6. The number of anilines is 1.